The maximum atomic E-state index is 14.1. The van der Waals surface area contributed by atoms with Gasteiger partial charge in [-0.05, 0) is 68.5 Å². The van der Waals surface area contributed by atoms with E-state index in [9.17, 15) is 28.8 Å². The molecule has 7 atom stereocenters. The van der Waals surface area contributed by atoms with E-state index in [0.717, 1.165) is 11.1 Å². The molecule has 2 bridgehead atoms. The van der Waals surface area contributed by atoms with E-state index in [4.69, 9.17) is 22.3 Å². The van der Waals surface area contributed by atoms with Crippen molar-refractivity contribution in [2.45, 2.75) is 108 Å². The summed E-state index contributed by atoms with van der Waals surface area (Å²) in [5, 5.41) is 14.9. The zero-order valence-corrected chi connectivity index (χ0v) is 31.4. The van der Waals surface area contributed by atoms with Crippen molar-refractivity contribution in [2.75, 3.05) is 19.6 Å². The maximum Gasteiger partial charge on any atom is 0.305 e. The lowest BCUT2D eigenvalue weighted by atomic mass is 9.85. The number of nitrogens with zero attached hydrogens (tertiary/aromatic N) is 2. The summed E-state index contributed by atoms with van der Waals surface area (Å²) in [6.07, 6.45) is 2.53. The molecule has 4 amide bonds. The van der Waals surface area contributed by atoms with Crippen LogP contribution in [-0.4, -0.2) is 106 Å². The molecule has 2 aromatic carbocycles. The molecule has 0 aliphatic carbocycles. The lowest BCUT2D eigenvalue weighted by Crippen LogP contribution is -2.73. The number of piperazine rings is 1. The van der Waals surface area contributed by atoms with Crippen LogP contribution in [0.15, 0.2) is 60.7 Å². The minimum absolute atomic E-state index is 0.0483. The number of hydrogen-bond acceptors (Lipinski definition) is 9. The van der Waals surface area contributed by atoms with Crippen molar-refractivity contribution < 1.29 is 33.9 Å². The average Bonchev–Trinajstić information content (AvgIpc) is 3.13. The molecule has 9 N–H and O–H groups in total. The Morgan fingerprint density at radius 3 is 1.89 bits per heavy atom. The first kappa shape index (κ1) is 42.1. The van der Waals surface area contributed by atoms with E-state index in [1.54, 1.807) is 4.90 Å². The third-order valence-electron chi connectivity index (χ3n) is 10.2. The molecule has 2 aliphatic rings. The third-order valence-corrected chi connectivity index (χ3v) is 10.2. The Morgan fingerprint density at radius 1 is 0.759 bits per heavy atom. The predicted molar refractivity (Wildman–Crippen MR) is 203 cm³/mol. The summed E-state index contributed by atoms with van der Waals surface area (Å²) in [6, 6.07) is 14.3. The first-order chi connectivity index (χ1) is 25.8. The van der Waals surface area contributed by atoms with Crippen LogP contribution < -0.4 is 27.8 Å². The highest BCUT2D eigenvalue weighted by atomic mass is 16.4. The number of rotatable bonds is 21. The lowest BCUT2D eigenvalue weighted by Gasteiger charge is -2.57. The summed E-state index contributed by atoms with van der Waals surface area (Å²) in [4.78, 5) is 82.7. The Labute approximate surface area is 317 Å². The van der Waals surface area contributed by atoms with Crippen molar-refractivity contribution in [1.29, 1.82) is 0 Å². The number of carbonyl (C=O) groups excluding carboxylic acids is 5. The molecule has 2 saturated heterocycles. The van der Waals surface area contributed by atoms with Crippen LogP contribution in [0.1, 0.15) is 69.9 Å². The molecule has 14 heteroatoms. The molecule has 2 aliphatic heterocycles. The lowest BCUT2D eigenvalue weighted by molar-refractivity contribution is -0.164. The van der Waals surface area contributed by atoms with Crippen LogP contribution in [0.25, 0.3) is 0 Å². The summed E-state index contributed by atoms with van der Waals surface area (Å²) in [5.41, 5.74) is 19.6. The van der Waals surface area contributed by atoms with Crippen LogP contribution >= 0.6 is 0 Å². The van der Waals surface area contributed by atoms with Gasteiger partial charge >= 0.3 is 5.97 Å². The Bertz CT molecular complexity index is 1580. The van der Waals surface area contributed by atoms with Gasteiger partial charge in [0.15, 0.2) is 5.78 Å². The molecule has 2 heterocycles. The zero-order valence-electron chi connectivity index (χ0n) is 31.4. The molecule has 4 rings (SSSR count). The van der Waals surface area contributed by atoms with E-state index in [-0.39, 0.29) is 55.6 Å². The van der Waals surface area contributed by atoms with Crippen molar-refractivity contribution in [3.8, 4) is 0 Å². The number of carboxylic acids is 1. The number of nitrogens with two attached hydrogens (primary N) is 3. The van der Waals surface area contributed by atoms with Crippen molar-refractivity contribution >= 4 is 35.4 Å². The Hall–Kier alpha value is -4.66. The van der Waals surface area contributed by atoms with Crippen LogP contribution in [0, 0.1) is 11.8 Å². The van der Waals surface area contributed by atoms with Crippen molar-refractivity contribution in [1.82, 2.24) is 20.4 Å². The second kappa shape index (κ2) is 20.1. The number of Topliss-reactive ketones (excluding diaryl/α,β-unsaturated/α-hetero) is 1. The van der Waals surface area contributed by atoms with E-state index < -0.39 is 60.2 Å². The topological polar surface area (TPSA) is 231 Å². The van der Waals surface area contributed by atoms with E-state index in [1.807, 2.05) is 74.5 Å². The van der Waals surface area contributed by atoms with E-state index in [1.165, 1.54) is 4.90 Å². The van der Waals surface area contributed by atoms with Gasteiger partial charge in [-0.3, -0.25) is 28.8 Å². The summed E-state index contributed by atoms with van der Waals surface area (Å²) < 4.78 is 0. The molecule has 2 fully saturated rings. The van der Waals surface area contributed by atoms with Gasteiger partial charge in [0.1, 0.15) is 6.04 Å². The quantitative estimate of drug-likeness (QED) is 0.0998. The van der Waals surface area contributed by atoms with Gasteiger partial charge < -0.3 is 42.7 Å². The molecule has 0 spiro atoms. The number of unbranched alkanes of at least 4 members (excludes halogenated alkanes) is 1. The van der Waals surface area contributed by atoms with Crippen LogP contribution in [0.2, 0.25) is 0 Å². The number of nitrogens with one attached hydrogen (secondary N) is 2. The standard InChI is InChI=1S/C40H57N7O7/c1-25(2)17-28(20-35(48)34(19-27-13-7-4-8-14-27)45-38(52)31(42)18-26-11-5-3-6-12-26)37(51)44-33(15-9-10-16-41)40(54)47-29-21-30(47)24-46(23-29)39(53)32(43)22-36(49)50/h3-8,11-14,25,28-34H,9-10,15-24,41-43H2,1-2H3,(H,44,51)(H,45,52)(H,49,50). The number of aliphatic carboxylic acids is 1. The maximum absolute atomic E-state index is 14.1. The average molecular weight is 748 g/mol. The zero-order chi connectivity index (χ0) is 39.4. The summed E-state index contributed by atoms with van der Waals surface area (Å²) in [7, 11) is 0. The number of ketones is 1. The molecule has 294 valence electrons. The largest absolute Gasteiger partial charge is 0.481 e. The van der Waals surface area contributed by atoms with E-state index in [2.05, 4.69) is 10.6 Å². The fourth-order valence-corrected chi connectivity index (χ4v) is 7.45. The Morgan fingerprint density at radius 2 is 1.33 bits per heavy atom. The highest BCUT2D eigenvalue weighted by molar-refractivity contribution is 5.95. The first-order valence-corrected chi connectivity index (χ1v) is 19.0. The molecule has 0 saturated carbocycles. The molecular weight excluding hydrogens is 690 g/mol. The molecule has 7 unspecified atom stereocenters. The molecule has 2 aromatic rings. The highest BCUT2D eigenvalue weighted by Crippen LogP contribution is 2.34. The molecular formula is C40H57N7O7. The number of fused-ring (bicyclic) bond motifs is 2. The minimum atomic E-state index is -1.17. The van der Waals surface area contributed by atoms with Crippen molar-refractivity contribution in [3.05, 3.63) is 71.8 Å². The van der Waals surface area contributed by atoms with Gasteiger partial charge in [-0.2, -0.15) is 0 Å². The first-order valence-electron chi connectivity index (χ1n) is 19.0. The number of piperidine rings is 1. The number of carboxylic acid groups (broad SMARTS) is 1. The number of likely N-dealkylation sites (tertiary alicyclic amines) is 2. The smallest absolute Gasteiger partial charge is 0.305 e. The second-order valence-electron chi connectivity index (χ2n) is 15.1. The minimum Gasteiger partial charge on any atom is -0.481 e. The number of benzene rings is 2. The SMILES string of the molecule is CC(C)CC(CC(=O)C(Cc1ccccc1)NC(=O)C(N)Cc1ccccc1)C(=O)NC(CCCCN)C(=O)N1C2CC1CN(C(=O)C(N)CC(=O)O)C2. The van der Waals surface area contributed by atoms with Crippen LogP contribution in [0.4, 0.5) is 0 Å². The van der Waals surface area contributed by atoms with Crippen molar-refractivity contribution in [3.63, 3.8) is 0 Å². The van der Waals surface area contributed by atoms with Gasteiger partial charge in [-0.1, -0.05) is 74.5 Å². The van der Waals surface area contributed by atoms with E-state index in [0.29, 0.717) is 45.1 Å². The predicted octanol–water partition coefficient (Wildman–Crippen LogP) is 1.13. The van der Waals surface area contributed by atoms with E-state index >= 15 is 0 Å². The summed E-state index contributed by atoms with van der Waals surface area (Å²) in [6.45, 7) is 4.79. The summed E-state index contributed by atoms with van der Waals surface area (Å²) >= 11 is 0. The monoisotopic (exact) mass is 747 g/mol. The Balaban J connectivity index is 1.47. The van der Waals surface area contributed by atoms with Crippen LogP contribution in [0.3, 0.4) is 0 Å². The molecule has 14 nitrogen and oxygen atoms in total. The van der Waals surface area contributed by atoms with Gasteiger partial charge in [0, 0.05) is 25.4 Å². The third kappa shape index (κ3) is 11.9. The van der Waals surface area contributed by atoms with Crippen LogP contribution in [-0.2, 0) is 41.6 Å². The normalized spacial score (nSPS) is 19.1. The fourth-order valence-electron chi connectivity index (χ4n) is 7.45. The molecule has 54 heavy (non-hydrogen) atoms. The van der Waals surface area contributed by atoms with Crippen LogP contribution in [0.5, 0.6) is 0 Å². The van der Waals surface area contributed by atoms with Gasteiger partial charge in [-0.15, -0.1) is 0 Å². The summed E-state index contributed by atoms with van der Waals surface area (Å²) in [5.74, 6) is -3.81. The fraction of sp³-hybridized carbons (Fsp3) is 0.550. The number of hydrogen-bond donors (Lipinski definition) is 6. The van der Waals surface area contributed by atoms with Crippen molar-refractivity contribution in [2.24, 2.45) is 29.0 Å². The Kier molecular flexibility index (Phi) is 15.7. The molecule has 0 aromatic heterocycles. The highest BCUT2D eigenvalue weighted by Gasteiger charge is 2.50. The number of carbonyl (C=O) groups is 6. The van der Waals surface area contributed by atoms with Gasteiger partial charge in [0.05, 0.1) is 36.6 Å². The van der Waals surface area contributed by atoms with Gasteiger partial charge in [0.25, 0.3) is 0 Å². The van der Waals surface area contributed by atoms with Gasteiger partial charge in [-0.25, -0.2) is 0 Å². The molecule has 0 radical (unpaired) electrons. The number of amides is 4. The van der Waals surface area contributed by atoms with Gasteiger partial charge in [0.2, 0.25) is 23.6 Å². The second-order valence-corrected chi connectivity index (χ2v) is 15.1.